The van der Waals surface area contributed by atoms with Gasteiger partial charge in [0.15, 0.2) is 0 Å². The van der Waals surface area contributed by atoms with E-state index in [0.717, 1.165) is 6.54 Å². The molecular formula is C7H6INS. The quantitative estimate of drug-likeness (QED) is 0.402. The monoisotopic (exact) mass is 263 g/mol. The van der Waals surface area contributed by atoms with Crippen molar-refractivity contribution in [2.75, 3.05) is 0 Å². The van der Waals surface area contributed by atoms with Crippen molar-refractivity contribution in [2.24, 2.45) is 0 Å². The number of nitrogens with zero attached hydrogens (tertiary/aromatic N) is 1. The van der Waals surface area contributed by atoms with E-state index in [0.29, 0.717) is 0 Å². The lowest BCUT2D eigenvalue weighted by Gasteiger charge is -1.97. The summed E-state index contributed by atoms with van der Waals surface area (Å²) in [5, 5.41) is 0. The molecular weight excluding hydrogens is 257 g/mol. The molecule has 1 heterocycles. The van der Waals surface area contributed by atoms with E-state index in [4.69, 9.17) is 0 Å². The first-order chi connectivity index (χ1) is 4.86. The van der Waals surface area contributed by atoms with E-state index in [9.17, 15) is 0 Å². The lowest BCUT2D eigenvalue weighted by molar-refractivity contribution is 0.809. The van der Waals surface area contributed by atoms with Crippen LogP contribution in [0.3, 0.4) is 0 Å². The van der Waals surface area contributed by atoms with Crippen LogP contribution in [-0.4, -0.2) is 2.52 Å². The fourth-order valence-corrected chi connectivity index (χ4v) is 2.81. The molecule has 0 radical (unpaired) electrons. The molecule has 0 N–H and O–H groups in total. The summed E-state index contributed by atoms with van der Waals surface area (Å²) in [5.41, 5.74) is 1.45. The number of hydrogen-bond acceptors (Lipinski definition) is 2. The molecule has 0 bridgehead atoms. The fourth-order valence-electron chi connectivity index (χ4n) is 0.996. The fraction of sp³-hybridized carbons (Fsp3) is 0.143. The maximum Gasteiger partial charge on any atom is 0.0459 e. The maximum atomic E-state index is 2.32. The smallest absolute Gasteiger partial charge is 0.0459 e. The third-order valence-electron chi connectivity index (χ3n) is 1.46. The highest BCUT2D eigenvalue weighted by atomic mass is 127. The zero-order valence-corrected chi connectivity index (χ0v) is 8.22. The molecule has 0 aliphatic carbocycles. The normalized spacial score (nSPS) is 17.3. The minimum absolute atomic E-state index is 1.07. The van der Waals surface area contributed by atoms with Crippen molar-refractivity contribution in [3.05, 3.63) is 29.8 Å². The van der Waals surface area contributed by atoms with Gasteiger partial charge in [-0.2, -0.15) is 2.52 Å². The van der Waals surface area contributed by atoms with Crippen molar-refractivity contribution >= 4 is 34.8 Å². The molecule has 1 aliphatic rings. The number of fused-ring (bicyclic) bond motifs is 1. The molecule has 0 aromatic heterocycles. The zero-order valence-electron chi connectivity index (χ0n) is 5.25. The maximum absolute atomic E-state index is 2.32. The molecule has 0 amide bonds. The van der Waals surface area contributed by atoms with Crippen molar-refractivity contribution in [3.8, 4) is 0 Å². The summed E-state index contributed by atoms with van der Waals surface area (Å²) in [7, 11) is 0. The number of hydrogen-bond donors (Lipinski definition) is 0. The average molecular weight is 263 g/mol. The molecule has 0 atom stereocenters. The lowest BCUT2D eigenvalue weighted by Crippen LogP contribution is -1.89. The van der Waals surface area contributed by atoms with Gasteiger partial charge >= 0.3 is 0 Å². The molecule has 0 spiro atoms. The van der Waals surface area contributed by atoms with Crippen molar-refractivity contribution in [3.63, 3.8) is 0 Å². The first-order valence-corrected chi connectivity index (χ1v) is 4.79. The Morgan fingerprint density at radius 3 is 3.00 bits per heavy atom. The first-order valence-electron chi connectivity index (χ1n) is 3.05. The van der Waals surface area contributed by atoms with Crippen LogP contribution in [0.25, 0.3) is 0 Å². The van der Waals surface area contributed by atoms with E-state index in [1.165, 1.54) is 10.5 Å². The minimum atomic E-state index is 1.07. The van der Waals surface area contributed by atoms with Gasteiger partial charge in [-0.3, -0.25) is 0 Å². The Morgan fingerprint density at radius 1 is 1.40 bits per heavy atom. The Balaban J connectivity index is 2.42. The van der Waals surface area contributed by atoms with E-state index in [1.807, 2.05) is 11.9 Å². The summed E-state index contributed by atoms with van der Waals surface area (Å²) >= 11 is 4.13. The Bertz CT molecular complexity index is 226. The molecule has 1 nitrogen and oxygen atoms in total. The van der Waals surface area contributed by atoms with Crippen LogP contribution < -0.4 is 0 Å². The van der Waals surface area contributed by atoms with E-state index >= 15 is 0 Å². The highest BCUT2D eigenvalue weighted by Gasteiger charge is 2.15. The number of halogens is 1. The molecule has 52 valence electrons. The van der Waals surface area contributed by atoms with Gasteiger partial charge in [-0.15, -0.1) is 0 Å². The topological polar surface area (TPSA) is 3.24 Å². The van der Waals surface area contributed by atoms with Gasteiger partial charge in [-0.25, -0.2) is 0 Å². The minimum Gasteiger partial charge on any atom is -0.183 e. The predicted octanol–water partition coefficient (Wildman–Crippen LogP) is 2.86. The van der Waals surface area contributed by atoms with Gasteiger partial charge in [0.1, 0.15) is 0 Å². The number of benzene rings is 1. The highest BCUT2D eigenvalue weighted by Crippen LogP contribution is 2.37. The Hall–Kier alpha value is 0.260. The van der Waals surface area contributed by atoms with Crippen LogP contribution in [0, 0.1) is 0 Å². The molecule has 0 saturated carbocycles. The molecule has 0 saturated heterocycles. The van der Waals surface area contributed by atoms with Gasteiger partial charge in [-0.1, -0.05) is 18.2 Å². The molecule has 1 aliphatic heterocycles. The van der Waals surface area contributed by atoms with Crippen LogP contribution in [0.5, 0.6) is 0 Å². The summed E-state index contributed by atoms with van der Waals surface area (Å²) in [4.78, 5) is 1.40. The van der Waals surface area contributed by atoms with Gasteiger partial charge in [0, 0.05) is 34.3 Å². The molecule has 0 fully saturated rings. The van der Waals surface area contributed by atoms with Crippen LogP contribution in [0.4, 0.5) is 0 Å². The van der Waals surface area contributed by atoms with Gasteiger partial charge in [0.25, 0.3) is 0 Å². The molecule has 3 heteroatoms. The van der Waals surface area contributed by atoms with E-state index in [-0.39, 0.29) is 0 Å². The zero-order chi connectivity index (χ0) is 6.97. The van der Waals surface area contributed by atoms with Crippen LogP contribution in [0.2, 0.25) is 0 Å². The van der Waals surface area contributed by atoms with Gasteiger partial charge in [0.2, 0.25) is 0 Å². The van der Waals surface area contributed by atoms with Crippen LogP contribution in [0.1, 0.15) is 5.56 Å². The Kier molecular flexibility index (Phi) is 1.88. The SMILES string of the molecule is IN1Cc2ccccc2S1. The van der Waals surface area contributed by atoms with Gasteiger partial charge in [0.05, 0.1) is 0 Å². The molecule has 0 unspecified atom stereocenters. The van der Waals surface area contributed by atoms with Crippen molar-refractivity contribution < 1.29 is 0 Å². The second kappa shape index (κ2) is 2.71. The average Bonchev–Trinajstić information content (AvgIpc) is 2.27. The Morgan fingerprint density at radius 2 is 2.20 bits per heavy atom. The van der Waals surface area contributed by atoms with Crippen molar-refractivity contribution in [2.45, 2.75) is 11.4 Å². The van der Waals surface area contributed by atoms with Gasteiger partial charge < -0.3 is 0 Å². The number of rotatable bonds is 0. The summed E-state index contributed by atoms with van der Waals surface area (Å²) in [5.74, 6) is 0. The highest BCUT2D eigenvalue weighted by molar-refractivity contribution is 14.1. The van der Waals surface area contributed by atoms with Crippen LogP contribution in [-0.2, 0) is 6.54 Å². The van der Waals surface area contributed by atoms with Crippen molar-refractivity contribution in [1.82, 2.24) is 2.52 Å². The van der Waals surface area contributed by atoms with Crippen LogP contribution in [0.15, 0.2) is 29.2 Å². The second-order valence-electron chi connectivity index (χ2n) is 2.17. The standard InChI is InChI=1S/C7H6INS/c8-9-5-6-3-1-2-4-7(6)10-9/h1-4H,5H2. The summed E-state index contributed by atoms with van der Waals surface area (Å²) < 4.78 is 2.21. The van der Waals surface area contributed by atoms with E-state index < -0.39 is 0 Å². The largest absolute Gasteiger partial charge is 0.183 e. The summed E-state index contributed by atoms with van der Waals surface area (Å²) in [6, 6.07) is 8.52. The summed E-state index contributed by atoms with van der Waals surface area (Å²) in [6.45, 7) is 1.07. The van der Waals surface area contributed by atoms with Gasteiger partial charge in [-0.05, 0) is 23.6 Å². The third-order valence-corrected chi connectivity index (χ3v) is 3.32. The Labute approximate surface area is 78.4 Å². The molecule has 10 heavy (non-hydrogen) atoms. The van der Waals surface area contributed by atoms with E-state index in [1.54, 1.807) is 0 Å². The lowest BCUT2D eigenvalue weighted by atomic mass is 10.2. The van der Waals surface area contributed by atoms with Crippen LogP contribution >= 0.6 is 34.8 Å². The third kappa shape index (κ3) is 1.17. The second-order valence-corrected chi connectivity index (χ2v) is 5.06. The molecule has 1 aromatic carbocycles. The summed E-state index contributed by atoms with van der Waals surface area (Å²) in [6.07, 6.45) is 0. The van der Waals surface area contributed by atoms with E-state index in [2.05, 4.69) is 49.6 Å². The predicted molar refractivity (Wildman–Crippen MR) is 51.9 cm³/mol. The van der Waals surface area contributed by atoms with Crippen molar-refractivity contribution in [1.29, 1.82) is 0 Å². The first kappa shape index (κ1) is 6.94. The molecule has 1 aromatic rings. The molecule has 2 rings (SSSR count).